The summed E-state index contributed by atoms with van der Waals surface area (Å²) in [6.07, 6.45) is 2.07. The first-order chi connectivity index (χ1) is 6.61. The van der Waals surface area contributed by atoms with Crippen LogP contribution in [0.25, 0.3) is 0 Å². The van der Waals surface area contributed by atoms with E-state index in [9.17, 15) is 8.42 Å². The van der Waals surface area contributed by atoms with Gasteiger partial charge in [0.25, 0.3) is 0 Å². The van der Waals surface area contributed by atoms with Gasteiger partial charge in [-0.25, -0.2) is 8.42 Å². The van der Waals surface area contributed by atoms with E-state index in [-0.39, 0.29) is 18.4 Å². The average Bonchev–Trinajstić information content (AvgIpc) is 2.63. The molecule has 0 aromatic carbocycles. The quantitative estimate of drug-likeness (QED) is 0.709. The summed E-state index contributed by atoms with van der Waals surface area (Å²) in [5.74, 6) is 0.448. The van der Waals surface area contributed by atoms with Gasteiger partial charge in [0, 0.05) is 18.5 Å². The number of nitrogens with zero attached hydrogens (tertiary/aromatic N) is 1. The maximum Gasteiger partial charge on any atom is 0.214 e. The Bertz CT molecular complexity index is 268. The molecule has 84 valence electrons. The summed E-state index contributed by atoms with van der Waals surface area (Å²) in [6, 6.07) is -0.213. The summed E-state index contributed by atoms with van der Waals surface area (Å²) in [4.78, 5) is 0. The van der Waals surface area contributed by atoms with Gasteiger partial charge in [-0.3, -0.25) is 0 Å². The fourth-order valence-corrected chi connectivity index (χ4v) is 3.78. The predicted octanol–water partition coefficient (Wildman–Crippen LogP) is 0.402. The maximum atomic E-state index is 11.7. The minimum Gasteiger partial charge on any atom is -0.395 e. The number of hydrogen-bond acceptors (Lipinski definition) is 3. The molecule has 4 nitrogen and oxygen atoms in total. The topological polar surface area (TPSA) is 57.6 Å². The van der Waals surface area contributed by atoms with E-state index in [2.05, 4.69) is 0 Å². The molecule has 1 rings (SSSR count). The van der Waals surface area contributed by atoms with Crippen LogP contribution in [0.2, 0.25) is 0 Å². The van der Waals surface area contributed by atoms with Gasteiger partial charge in [0.2, 0.25) is 10.0 Å². The van der Waals surface area contributed by atoms with Gasteiger partial charge in [-0.2, -0.15) is 4.31 Å². The molecule has 0 saturated carbocycles. The van der Waals surface area contributed by atoms with Crippen LogP contribution >= 0.6 is 11.6 Å². The van der Waals surface area contributed by atoms with Crippen molar-refractivity contribution in [1.29, 1.82) is 0 Å². The maximum absolute atomic E-state index is 11.7. The zero-order valence-electron chi connectivity index (χ0n) is 8.02. The van der Waals surface area contributed by atoms with Crippen molar-refractivity contribution in [2.24, 2.45) is 0 Å². The molecule has 0 radical (unpaired) electrons. The molecule has 1 heterocycles. The smallest absolute Gasteiger partial charge is 0.214 e. The molecule has 14 heavy (non-hydrogen) atoms. The molecule has 1 aliphatic rings. The van der Waals surface area contributed by atoms with Crippen LogP contribution in [-0.2, 0) is 10.0 Å². The van der Waals surface area contributed by atoms with Gasteiger partial charge in [0.05, 0.1) is 12.4 Å². The molecule has 0 aromatic rings. The number of hydrogen-bond donors (Lipinski definition) is 1. The second kappa shape index (κ2) is 5.30. The fourth-order valence-electron chi connectivity index (χ4n) is 1.71. The van der Waals surface area contributed by atoms with Crippen molar-refractivity contribution in [2.75, 3.05) is 24.8 Å². The van der Waals surface area contributed by atoms with Crippen LogP contribution < -0.4 is 0 Å². The minimum atomic E-state index is -3.19. The normalized spacial score (nSPS) is 24.3. The molecular formula is C8H16ClNO3S. The Balaban J connectivity index is 2.61. The van der Waals surface area contributed by atoms with E-state index in [1.165, 1.54) is 4.31 Å². The lowest BCUT2D eigenvalue weighted by Crippen LogP contribution is -2.39. The third-order valence-corrected chi connectivity index (χ3v) is 4.69. The van der Waals surface area contributed by atoms with Gasteiger partial charge in [-0.1, -0.05) is 0 Å². The van der Waals surface area contributed by atoms with Crippen LogP contribution in [0.15, 0.2) is 0 Å². The van der Waals surface area contributed by atoms with Crippen molar-refractivity contribution in [1.82, 2.24) is 4.31 Å². The molecule has 1 N–H and O–H groups in total. The molecule has 0 unspecified atom stereocenters. The monoisotopic (exact) mass is 241 g/mol. The first kappa shape index (κ1) is 12.2. The lowest BCUT2D eigenvalue weighted by atomic mass is 10.2. The second-order valence-electron chi connectivity index (χ2n) is 3.45. The van der Waals surface area contributed by atoms with Crippen molar-refractivity contribution in [3.8, 4) is 0 Å². The molecule has 1 atom stereocenters. The number of sulfonamides is 1. The Morgan fingerprint density at radius 1 is 1.50 bits per heavy atom. The van der Waals surface area contributed by atoms with Crippen LogP contribution in [0, 0.1) is 0 Å². The van der Waals surface area contributed by atoms with Crippen molar-refractivity contribution in [3.63, 3.8) is 0 Å². The minimum absolute atomic E-state index is 0.0832. The third kappa shape index (κ3) is 2.82. The van der Waals surface area contributed by atoms with Gasteiger partial charge in [0.1, 0.15) is 0 Å². The number of aliphatic hydroxyl groups excluding tert-OH is 1. The van der Waals surface area contributed by atoms with Crippen molar-refractivity contribution in [2.45, 2.75) is 25.3 Å². The molecule has 6 heteroatoms. The van der Waals surface area contributed by atoms with E-state index in [0.717, 1.165) is 12.8 Å². The van der Waals surface area contributed by atoms with E-state index in [0.29, 0.717) is 18.8 Å². The molecule has 1 aliphatic heterocycles. The highest BCUT2D eigenvalue weighted by molar-refractivity contribution is 7.89. The average molecular weight is 242 g/mol. The summed E-state index contributed by atoms with van der Waals surface area (Å²) in [6.45, 7) is 0.454. The number of alkyl halides is 1. The van der Waals surface area contributed by atoms with Crippen LogP contribution in [0.1, 0.15) is 19.3 Å². The molecule has 0 aliphatic carbocycles. The van der Waals surface area contributed by atoms with Crippen molar-refractivity contribution >= 4 is 21.6 Å². The zero-order valence-corrected chi connectivity index (χ0v) is 9.60. The van der Waals surface area contributed by atoms with Gasteiger partial charge in [0.15, 0.2) is 0 Å². The first-order valence-electron chi connectivity index (χ1n) is 4.78. The molecule has 0 amide bonds. The van der Waals surface area contributed by atoms with Gasteiger partial charge in [-0.15, -0.1) is 11.6 Å². The number of halogens is 1. The summed E-state index contributed by atoms with van der Waals surface area (Å²) in [5, 5.41) is 8.99. The van der Waals surface area contributed by atoms with Crippen LogP contribution in [0.3, 0.4) is 0 Å². The highest BCUT2D eigenvalue weighted by Crippen LogP contribution is 2.21. The SMILES string of the molecule is O=S(=O)(CCCCl)N1CCC[C@@H]1CO. The van der Waals surface area contributed by atoms with Crippen molar-refractivity contribution < 1.29 is 13.5 Å². The Labute approximate surface area is 89.9 Å². The Morgan fingerprint density at radius 2 is 2.21 bits per heavy atom. The first-order valence-corrected chi connectivity index (χ1v) is 6.92. The van der Waals surface area contributed by atoms with E-state index >= 15 is 0 Å². The summed E-state index contributed by atoms with van der Waals surface area (Å²) >= 11 is 5.45. The van der Waals surface area contributed by atoms with E-state index in [1.54, 1.807) is 0 Å². The molecule has 0 aromatic heterocycles. The van der Waals surface area contributed by atoms with E-state index in [4.69, 9.17) is 16.7 Å². The van der Waals surface area contributed by atoms with Gasteiger partial charge in [-0.05, 0) is 19.3 Å². The largest absolute Gasteiger partial charge is 0.395 e. The summed E-state index contributed by atoms with van der Waals surface area (Å²) < 4.78 is 24.9. The van der Waals surface area contributed by atoms with Crippen LogP contribution in [0.4, 0.5) is 0 Å². The number of rotatable bonds is 5. The lowest BCUT2D eigenvalue weighted by Gasteiger charge is -2.21. The molecular weight excluding hydrogens is 226 g/mol. The lowest BCUT2D eigenvalue weighted by molar-refractivity contribution is 0.213. The predicted molar refractivity (Wildman–Crippen MR) is 55.9 cm³/mol. The second-order valence-corrected chi connectivity index (χ2v) is 5.87. The van der Waals surface area contributed by atoms with E-state index < -0.39 is 10.0 Å². The van der Waals surface area contributed by atoms with Crippen LogP contribution in [-0.4, -0.2) is 48.7 Å². The van der Waals surface area contributed by atoms with Crippen molar-refractivity contribution in [3.05, 3.63) is 0 Å². The zero-order chi connectivity index (χ0) is 10.6. The Morgan fingerprint density at radius 3 is 2.79 bits per heavy atom. The highest BCUT2D eigenvalue weighted by Gasteiger charge is 2.32. The summed E-state index contributed by atoms with van der Waals surface area (Å²) in [7, 11) is -3.19. The highest BCUT2D eigenvalue weighted by atomic mass is 35.5. The Kier molecular flexibility index (Phi) is 4.63. The molecule has 0 spiro atoms. The third-order valence-electron chi connectivity index (χ3n) is 2.43. The number of aliphatic hydroxyl groups is 1. The van der Waals surface area contributed by atoms with Crippen LogP contribution in [0.5, 0.6) is 0 Å². The molecule has 0 bridgehead atoms. The van der Waals surface area contributed by atoms with Gasteiger partial charge < -0.3 is 5.11 Å². The van der Waals surface area contributed by atoms with Gasteiger partial charge >= 0.3 is 0 Å². The molecule has 1 fully saturated rings. The molecule has 1 saturated heterocycles. The Hall–Kier alpha value is 0.160. The standard InChI is InChI=1S/C8H16ClNO3S/c9-4-2-6-14(12,13)10-5-1-3-8(10)7-11/h8,11H,1-7H2/t8-/m1/s1. The summed E-state index contributed by atoms with van der Waals surface area (Å²) in [5.41, 5.74) is 0. The fraction of sp³-hybridized carbons (Fsp3) is 1.00. The van der Waals surface area contributed by atoms with E-state index in [1.807, 2.05) is 0 Å².